The topological polar surface area (TPSA) is 149 Å². The van der Waals surface area contributed by atoms with Crippen molar-refractivity contribution in [1.29, 1.82) is 0 Å². The van der Waals surface area contributed by atoms with Crippen molar-refractivity contribution in [1.82, 2.24) is 29.6 Å². The van der Waals surface area contributed by atoms with Gasteiger partial charge in [-0.15, -0.1) is 0 Å². The van der Waals surface area contributed by atoms with E-state index in [4.69, 9.17) is 4.74 Å². The van der Waals surface area contributed by atoms with Crippen molar-refractivity contribution in [2.75, 3.05) is 37.8 Å². The third-order valence-corrected chi connectivity index (χ3v) is 9.45. The molecule has 1 N–H and O–H groups in total. The lowest BCUT2D eigenvalue weighted by molar-refractivity contribution is -0.106. The molecule has 0 saturated carbocycles. The van der Waals surface area contributed by atoms with Gasteiger partial charge in [0, 0.05) is 41.5 Å². The number of benzene rings is 2. The van der Waals surface area contributed by atoms with Gasteiger partial charge in [0.25, 0.3) is 5.56 Å². The number of hydrogen-bond donors (Lipinski definition) is 1. The molecule has 3 aromatic heterocycles. The molecule has 4 heterocycles. The van der Waals surface area contributed by atoms with Crippen LogP contribution in [-0.2, 0) is 21.1 Å². The molecule has 0 bridgehead atoms. The van der Waals surface area contributed by atoms with E-state index in [2.05, 4.69) is 30.4 Å². The van der Waals surface area contributed by atoms with E-state index in [0.29, 0.717) is 18.5 Å². The molecule has 2 aromatic carbocycles. The van der Waals surface area contributed by atoms with Crippen LogP contribution in [0.2, 0.25) is 0 Å². The number of ketones is 1. The predicted molar refractivity (Wildman–Crippen MR) is 169 cm³/mol. The summed E-state index contributed by atoms with van der Waals surface area (Å²) in [5.41, 5.74) is 0.441. The third-order valence-electron chi connectivity index (χ3n) is 7.70. The van der Waals surface area contributed by atoms with Crippen LogP contribution in [0.25, 0.3) is 11.0 Å². The van der Waals surface area contributed by atoms with Crippen LogP contribution in [0, 0.1) is 0 Å². The highest BCUT2D eigenvalue weighted by Gasteiger charge is 2.37. The van der Waals surface area contributed by atoms with E-state index in [-0.39, 0.29) is 39.8 Å². The largest absolute Gasteiger partial charge is 0.403 e. The zero-order valence-corrected chi connectivity index (χ0v) is 26.2. The molecule has 48 heavy (non-hydrogen) atoms. The summed E-state index contributed by atoms with van der Waals surface area (Å²) in [6.07, 6.45) is -2.07. The van der Waals surface area contributed by atoms with Gasteiger partial charge in [-0.05, 0) is 30.8 Å². The lowest BCUT2D eigenvalue weighted by Crippen LogP contribution is -2.35. The summed E-state index contributed by atoms with van der Waals surface area (Å²) in [6, 6.07) is 16.8. The minimum Gasteiger partial charge on any atom is -0.371 e. The molecule has 1 atom stereocenters. The Labute approximate surface area is 272 Å². The van der Waals surface area contributed by atoms with E-state index in [1.165, 1.54) is 24.4 Å². The van der Waals surface area contributed by atoms with Gasteiger partial charge in [-0.1, -0.05) is 42.5 Å². The number of morpholine rings is 1. The Bertz CT molecular complexity index is 2140. The molecular weight excluding hydrogens is 651 g/mol. The molecule has 6 rings (SSSR count). The number of carbonyl (C=O) groups is 1. The monoisotopic (exact) mass is 679 g/mol. The van der Waals surface area contributed by atoms with E-state index in [0.717, 1.165) is 29.4 Å². The van der Waals surface area contributed by atoms with Crippen molar-refractivity contribution < 1.29 is 31.1 Å². The average molecular weight is 680 g/mol. The van der Waals surface area contributed by atoms with Gasteiger partial charge in [0.2, 0.25) is 5.95 Å². The molecule has 0 aliphatic carbocycles. The highest BCUT2D eigenvalue weighted by Crippen LogP contribution is 2.27. The van der Waals surface area contributed by atoms with Crippen LogP contribution in [0.15, 0.2) is 88.9 Å². The highest BCUT2D eigenvalue weighted by atomic mass is 32.2. The van der Waals surface area contributed by atoms with Gasteiger partial charge in [0.1, 0.15) is 5.65 Å². The number of rotatable bonds is 9. The number of sulfone groups is 1. The van der Waals surface area contributed by atoms with Gasteiger partial charge >= 0.3 is 6.18 Å². The van der Waals surface area contributed by atoms with Crippen LogP contribution in [0.5, 0.6) is 0 Å². The number of hydrogen-bond acceptors (Lipinski definition) is 11. The molecule has 0 radical (unpaired) electrons. The van der Waals surface area contributed by atoms with Crippen LogP contribution < -0.4 is 10.9 Å². The zero-order chi connectivity index (χ0) is 34.1. The molecule has 248 valence electrons. The fraction of sp³-hybridized carbons (Fsp3) is 0.250. The maximum absolute atomic E-state index is 14.0. The van der Waals surface area contributed by atoms with Crippen molar-refractivity contribution in [3.05, 3.63) is 112 Å². The number of aromatic nitrogens is 5. The number of pyridine rings is 1. The second kappa shape index (κ2) is 13.2. The normalized spacial score (nSPS) is 15.8. The van der Waals surface area contributed by atoms with Gasteiger partial charge < -0.3 is 15.0 Å². The minimum atomic E-state index is -5.03. The molecule has 5 aromatic rings. The molecule has 1 unspecified atom stereocenters. The molecule has 1 aliphatic heterocycles. The fourth-order valence-electron chi connectivity index (χ4n) is 5.36. The lowest BCUT2D eigenvalue weighted by Gasteiger charge is -2.30. The molecule has 12 nitrogen and oxygen atoms in total. The Hall–Kier alpha value is -5.06. The van der Waals surface area contributed by atoms with Gasteiger partial charge in [-0.2, -0.15) is 28.4 Å². The summed E-state index contributed by atoms with van der Waals surface area (Å²) in [5.74, 6) is -2.69. The molecule has 1 saturated heterocycles. The molecular formula is C32H28F3N7O5S. The van der Waals surface area contributed by atoms with Gasteiger partial charge in [0.05, 0.1) is 42.1 Å². The summed E-state index contributed by atoms with van der Waals surface area (Å²) in [5, 5.41) is 10.4. The first-order chi connectivity index (χ1) is 22.9. The number of anilines is 2. The Kier molecular flexibility index (Phi) is 9.05. The fourth-order valence-corrected chi connectivity index (χ4v) is 6.67. The molecule has 0 spiro atoms. The van der Waals surface area contributed by atoms with Crippen LogP contribution in [0.1, 0.15) is 33.2 Å². The maximum atomic E-state index is 14.0. The minimum absolute atomic E-state index is 0.00615. The van der Waals surface area contributed by atoms with Crippen molar-refractivity contribution in [3.63, 3.8) is 0 Å². The van der Waals surface area contributed by atoms with Crippen molar-refractivity contribution >= 4 is 38.3 Å². The Balaban J connectivity index is 1.41. The first kappa shape index (κ1) is 32.9. The zero-order valence-electron chi connectivity index (χ0n) is 25.4. The number of ether oxygens (including phenoxy) is 1. The summed E-state index contributed by atoms with van der Waals surface area (Å²) in [4.78, 5) is 37.7. The van der Waals surface area contributed by atoms with E-state index in [1.54, 1.807) is 18.2 Å². The van der Waals surface area contributed by atoms with Crippen LogP contribution >= 0.6 is 0 Å². The number of fused-ring (bicyclic) bond motifs is 1. The summed E-state index contributed by atoms with van der Waals surface area (Å²) in [6.45, 7) is 1.63. The predicted octanol–water partition coefficient (Wildman–Crippen LogP) is 3.94. The number of nitrogens with one attached hydrogen (secondary N) is 1. The summed E-state index contributed by atoms with van der Waals surface area (Å²) >= 11 is 0. The van der Waals surface area contributed by atoms with Gasteiger partial charge in [-0.25, -0.2) is 13.4 Å². The third kappa shape index (κ3) is 7.25. The van der Waals surface area contributed by atoms with Crippen molar-refractivity contribution in [2.45, 2.75) is 23.7 Å². The quantitative estimate of drug-likeness (QED) is 0.226. The van der Waals surface area contributed by atoms with Crippen LogP contribution in [-0.4, -0.2) is 82.5 Å². The maximum Gasteiger partial charge on any atom is 0.403 e. The van der Waals surface area contributed by atoms with E-state index < -0.39 is 44.5 Å². The molecule has 16 heteroatoms. The van der Waals surface area contributed by atoms with E-state index in [9.17, 15) is 31.2 Å². The van der Waals surface area contributed by atoms with Crippen molar-refractivity contribution in [3.8, 4) is 0 Å². The smallest absolute Gasteiger partial charge is 0.371 e. The lowest BCUT2D eigenvalue weighted by atomic mass is 10.0. The number of likely N-dealkylation sites (N-methyl/N-ethyl adjacent to an activating group) is 1. The molecule has 1 aliphatic rings. The number of alkyl halides is 3. The Morgan fingerprint density at radius 2 is 1.77 bits per heavy atom. The first-order valence-electron chi connectivity index (χ1n) is 14.6. The second-order valence-corrected chi connectivity index (χ2v) is 13.2. The number of nitrogens with zero attached hydrogens (tertiary/aromatic N) is 6. The molecule has 1 fully saturated rings. The number of carbonyl (C=O) groups excluding carboxylic acids is 1. The van der Waals surface area contributed by atoms with E-state index >= 15 is 0 Å². The Morgan fingerprint density at radius 1 is 1.04 bits per heavy atom. The summed E-state index contributed by atoms with van der Waals surface area (Å²) < 4.78 is 72.0. The number of halogens is 3. The van der Waals surface area contributed by atoms with Crippen molar-refractivity contribution in [2.24, 2.45) is 0 Å². The van der Waals surface area contributed by atoms with Gasteiger partial charge in [-0.3, -0.25) is 14.2 Å². The second-order valence-electron chi connectivity index (χ2n) is 11.2. The standard InChI is InChI=1S/C32H28F3N7O5S/c1-41-11-12-47-26(18-41)20-7-9-24(10-8-20)39-31-36-14-22-13-25(28(43)21-5-3-2-4-6-21)30(44)42(29(22)40-31)17-23-15-37-38-16-27(23)48(45,46)19-32(33,34)35/h2-10,13-16,26H,11-12,17-19H2,1H3,(H,36,39,40). The van der Waals surface area contributed by atoms with Crippen LogP contribution in [0.3, 0.4) is 0 Å². The Morgan fingerprint density at radius 3 is 2.48 bits per heavy atom. The average Bonchev–Trinajstić information content (AvgIpc) is 3.05. The van der Waals surface area contributed by atoms with E-state index in [1.807, 2.05) is 31.3 Å². The van der Waals surface area contributed by atoms with Crippen LogP contribution in [0.4, 0.5) is 24.8 Å². The highest BCUT2D eigenvalue weighted by molar-refractivity contribution is 7.91. The SMILES string of the molecule is CN1CCOC(c2ccc(Nc3ncc4cc(C(=O)c5ccccc5)c(=O)n(Cc5cnncc5S(=O)(=O)CC(F)(F)F)c4n3)cc2)C1. The first-order valence-corrected chi connectivity index (χ1v) is 16.3. The summed E-state index contributed by atoms with van der Waals surface area (Å²) in [7, 11) is -2.91. The molecule has 0 amide bonds. The van der Waals surface area contributed by atoms with Gasteiger partial charge in [0.15, 0.2) is 21.4 Å².